The first-order chi connectivity index (χ1) is 17.9. The van der Waals surface area contributed by atoms with E-state index in [9.17, 15) is 15.0 Å². The van der Waals surface area contributed by atoms with Crippen molar-refractivity contribution in [2.24, 2.45) is 0 Å². The van der Waals surface area contributed by atoms with Gasteiger partial charge in [-0.1, -0.05) is 12.1 Å². The number of phenols is 2. The third kappa shape index (κ3) is 5.17. The molecule has 0 spiro atoms. The first kappa shape index (κ1) is 25.5. The lowest BCUT2D eigenvalue weighted by atomic mass is 9.98. The van der Waals surface area contributed by atoms with E-state index in [2.05, 4.69) is 33.7 Å². The van der Waals surface area contributed by atoms with Gasteiger partial charge in [-0.2, -0.15) is 0 Å². The van der Waals surface area contributed by atoms with Gasteiger partial charge in [0.2, 0.25) is 5.43 Å². The number of phenolic OH excluding ortho intramolecular Hbond substituents is 2. The van der Waals surface area contributed by atoms with Crippen LogP contribution < -0.4 is 10.2 Å². The molecule has 2 aliphatic heterocycles. The molecule has 0 aliphatic carbocycles. The highest BCUT2D eigenvalue weighted by Crippen LogP contribution is 2.41. The molecule has 3 aromatic rings. The predicted octanol–water partition coefficient (Wildman–Crippen LogP) is 2.37. The van der Waals surface area contributed by atoms with E-state index in [1.54, 1.807) is 31.4 Å². The molecule has 5 rings (SSSR count). The number of rotatable bonds is 6. The molecule has 2 saturated heterocycles. The Morgan fingerprint density at radius 2 is 1.35 bits per heavy atom. The number of aromatic hydroxyl groups is 2. The lowest BCUT2D eigenvalue weighted by molar-refractivity contribution is 0.143. The minimum atomic E-state index is -0.317. The second-order valence-electron chi connectivity index (χ2n) is 10.2. The summed E-state index contributed by atoms with van der Waals surface area (Å²) < 4.78 is 11.3. The average Bonchev–Trinajstić information content (AvgIpc) is 2.91. The highest BCUT2D eigenvalue weighted by atomic mass is 16.5. The minimum absolute atomic E-state index is 0.0169. The quantitative estimate of drug-likeness (QED) is 0.521. The number of hydrogen-bond acceptors (Lipinski definition) is 9. The van der Waals surface area contributed by atoms with E-state index in [-0.39, 0.29) is 27.9 Å². The van der Waals surface area contributed by atoms with Crippen LogP contribution in [0.25, 0.3) is 22.1 Å². The van der Waals surface area contributed by atoms with Crippen LogP contribution in [0.1, 0.15) is 11.1 Å². The van der Waals surface area contributed by atoms with Crippen molar-refractivity contribution in [3.63, 3.8) is 0 Å². The van der Waals surface area contributed by atoms with Gasteiger partial charge in [0, 0.05) is 65.4 Å². The molecule has 0 saturated carbocycles. The molecule has 0 bridgehead atoms. The summed E-state index contributed by atoms with van der Waals surface area (Å²) in [4.78, 5) is 22.8. The second-order valence-corrected chi connectivity index (χ2v) is 10.2. The van der Waals surface area contributed by atoms with Crippen molar-refractivity contribution in [1.29, 1.82) is 0 Å². The molecule has 9 heteroatoms. The summed E-state index contributed by atoms with van der Waals surface area (Å²) in [6.45, 7) is 7.82. The van der Waals surface area contributed by atoms with Crippen LogP contribution in [0.15, 0.2) is 39.7 Å². The highest BCUT2D eigenvalue weighted by molar-refractivity contribution is 5.92. The van der Waals surface area contributed by atoms with Crippen LogP contribution in [0.4, 0.5) is 0 Å². The number of benzene rings is 2. The Hall–Kier alpha value is -3.11. The summed E-state index contributed by atoms with van der Waals surface area (Å²) in [5.74, 6) is 0.506. The molecular formula is C28H36N4O5. The maximum atomic E-state index is 13.8. The molecule has 0 atom stereocenters. The zero-order chi connectivity index (χ0) is 26.1. The molecule has 2 aliphatic rings. The van der Waals surface area contributed by atoms with Crippen molar-refractivity contribution < 1.29 is 19.4 Å². The average molecular weight is 509 g/mol. The van der Waals surface area contributed by atoms with E-state index in [4.69, 9.17) is 9.15 Å². The number of fused-ring (bicyclic) bond motifs is 1. The summed E-state index contributed by atoms with van der Waals surface area (Å²) in [6.07, 6.45) is 1.43. The molecule has 0 amide bonds. The monoisotopic (exact) mass is 508 g/mol. The number of methoxy groups -OCH3 is 1. The zero-order valence-electron chi connectivity index (χ0n) is 21.9. The fraction of sp³-hybridized carbons (Fsp3) is 0.464. The van der Waals surface area contributed by atoms with Gasteiger partial charge < -0.3 is 29.2 Å². The van der Waals surface area contributed by atoms with E-state index in [0.29, 0.717) is 41.1 Å². The van der Waals surface area contributed by atoms with Crippen LogP contribution >= 0.6 is 0 Å². The topological polar surface area (TPSA) is 92.9 Å². The van der Waals surface area contributed by atoms with E-state index < -0.39 is 0 Å². The van der Waals surface area contributed by atoms with Gasteiger partial charge in [0.25, 0.3) is 0 Å². The fourth-order valence-electron chi connectivity index (χ4n) is 5.18. The summed E-state index contributed by atoms with van der Waals surface area (Å²) in [5.41, 5.74) is 1.90. The number of piperazine rings is 2. The highest BCUT2D eigenvalue weighted by Gasteiger charge is 2.28. The van der Waals surface area contributed by atoms with Crippen molar-refractivity contribution >= 4 is 11.0 Å². The van der Waals surface area contributed by atoms with Gasteiger partial charge in [0.1, 0.15) is 34.5 Å². The van der Waals surface area contributed by atoms with Gasteiger partial charge in [-0.25, -0.2) is 0 Å². The van der Waals surface area contributed by atoms with E-state index in [0.717, 1.165) is 52.4 Å². The van der Waals surface area contributed by atoms with Crippen molar-refractivity contribution in [2.75, 3.05) is 73.6 Å². The Morgan fingerprint density at radius 1 is 0.811 bits per heavy atom. The normalized spacial score (nSPS) is 18.5. The standard InChI is InChI=1S/C28H36N4O5/c1-29-8-12-31(13-9-29)16-21-25(33)22(17-32-14-10-30(2)11-15-32)28-24(26(21)34)27(35)23(18-37-28)19-4-6-20(36-3)7-5-19/h4-7,18,33-34H,8-17H2,1-3H3. The van der Waals surface area contributed by atoms with Gasteiger partial charge >= 0.3 is 0 Å². The molecule has 37 heavy (non-hydrogen) atoms. The van der Waals surface area contributed by atoms with Crippen LogP contribution in [0.5, 0.6) is 17.2 Å². The van der Waals surface area contributed by atoms with E-state index >= 15 is 0 Å². The van der Waals surface area contributed by atoms with Gasteiger partial charge in [0.05, 0.1) is 23.8 Å². The van der Waals surface area contributed by atoms with Crippen molar-refractivity contribution in [1.82, 2.24) is 19.6 Å². The zero-order valence-corrected chi connectivity index (χ0v) is 21.9. The molecular weight excluding hydrogens is 472 g/mol. The fourth-order valence-corrected chi connectivity index (χ4v) is 5.18. The largest absolute Gasteiger partial charge is 0.507 e. The minimum Gasteiger partial charge on any atom is -0.507 e. The Bertz CT molecular complexity index is 1310. The lowest BCUT2D eigenvalue weighted by Gasteiger charge is -2.34. The number of likely N-dealkylation sites (N-methyl/N-ethyl adjacent to an activating group) is 2. The van der Waals surface area contributed by atoms with Gasteiger partial charge in [-0.3, -0.25) is 14.6 Å². The van der Waals surface area contributed by atoms with Crippen LogP contribution in [0.2, 0.25) is 0 Å². The van der Waals surface area contributed by atoms with Crippen LogP contribution in [-0.2, 0) is 13.1 Å². The maximum absolute atomic E-state index is 13.8. The number of nitrogens with zero attached hydrogens (tertiary/aromatic N) is 4. The Kier molecular flexibility index (Phi) is 7.39. The molecule has 3 heterocycles. The summed E-state index contributed by atoms with van der Waals surface area (Å²) in [5, 5.41) is 23.0. The predicted molar refractivity (Wildman–Crippen MR) is 143 cm³/mol. The Balaban J connectivity index is 1.62. The lowest BCUT2D eigenvalue weighted by Crippen LogP contribution is -2.44. The van der Waals surface area contributed by atoms with Crippen LogP contribution in [-0.4, -0.2) is 103 Å². The first-order valence-electron chi connectivity index (χ1n) is 12.8. The molecule has 0 radical (unpaired) electrons. The number of ether oxygens (including phenoxy) is 1. The second kappa shape index (κ2) is 10.7. The summed E-state index contributed by atoms with van der Waals surface area (Å²) >= 11 is 0. The van der Waals surface area contributed by atoms with Crippen molar-refractivity contribution in [2.45, 2.75) is 13.1 Å². The Morgan fingerprint density at radius 3 is 1.89 bits per heavy atom. The molecule has 1 aromatic heterocycles. The SMILES string of the molecule is COc1ccc(-c2coc3c(CN4CCN(C)CC4)c(O)c(CN4CCN(C)CC4)c(O)c3c2=O)cc1. The Labute approximate surface area is 217 Å². The van der Waals surface area contributed by atoms with Crippen molar-refractivity contribution in [3.05, 3.63) is 51.9 Å². The van der Waals surface area contributed by atoms with E-state index in [1.165, 1.54) is 6.26 Å². The molecule has 0 unspecified atom stereocenters. The van der Waals surface area contributed by atoms with Crippen LogP contribution in [0, 0.1) is 0 Å². The summed E-state index contributed by atoms with van der Waals surface area (Å²) in [7, 11) is 5.77. The summed E-state index contributed by atoms with van der Waals surface area (Å²) in [6, 6.07) is 7.16. The first-order valence-corrected chi connectivity index (χ1v) is 12.8. The number of hydrogen-bond donors (Lipinski definition) is 2. The third-order valence-electron chi connectivity index (χ3n) is 7.72. The molecule has 2 N–H and O–H groups in total. The van der Waals surface area contributed by atoms with E-state index in [1.807, 2.05) is 0 Å². The third-order valence-corrected chi connectivity index (χ3v) is 7.72. The van der Waals surface area contributed by atoms with Gasteiger partial charge in [-0.05, 0) is 31.8 Å². The van der Waals surface area contributed by atoms with Gasteiger partial charge in [0.15, 0.2) is 0 Å². The molecule has 9 nitrogen and oxygen atoms in total. The molecule has 2 aromatic carbocycles. The molecule has 2 fully saturated rings. The maximum Gasteiger partial charge on any atom is 0.204 e. The van der Waals surface area contributed by atoms with Gasteiger partial charge in [-0.15, -0.1) is 0 Å². The molecule has 198 valence electrons. The smallest absolute Gasteiger partial charge is 0.204 e. The van der Waals surface area contributed by atoms with Crippen molar-refractivity contribution in [3.8, 4) is 28.4 Å². The van der Waals surface area contributed by atoms with Crippen LogP contribution in [0.3, 0.4) is 0 Å².